The van der Waals surface area contributed by atoms with E-state index in [1.807, 2.05) is 13.8 Å². The SMILES string of the molecule is Cc1ccc(CC(C)(C)N)c(Br)c1. The fraction of sp³-hybridized carbons (Fsp3) is 0.455. The van der Waals surface area contributed by atoms with Gasteiger partial charge in [0.15, 0.2) is 0 Å². The Morgan fingerprint density at radius 1 is 1.38 bits per heavy atom. The van der Waals surface area contributed by atoms with E-state index in [0.717, 1.165) is 10.9 Å². The van der Waals surface area contributed by atoms with Gasteiger partial charge in [0.25, 0.3) is 0 Å². The molecule has 0 aliphatic rings. The van der Waals surface area contributed by atoms with Crippen LogP contribution < -0.4 is 5.73 Å². The van der Waals surface area contributed by atoms with E-state index in [0.29, 0.717) is 0 Å². The molecule has 2 N–H and O–H groups in total. The molecule has 1 aromatic rings. The fourth-order valence-electron chi connectivity index (χ4n) is 1.29. The number of halogens is 1. The monoisotopic (exact) mass is 241 g/mol. The molecule has 2 heteroatoms. The Labute approximate surface area is 88.5 Å². The van der Waals surface area contributed by atoms with E-state index in [9.17, 15) is 0 Å². The number of nitrogens with two attached hydrogens (primary N) is 1. The van der Waals surface area contributed by atoms with Crippen LogP contribution in [0.25, 0.3) is 0 Å². The molecule has 0 unspecified atom stereocenters. The summed E-state index contributed by atoms with van der Waals surface area (Å²) in [6, 6.07) is 6.38. The number of hydrogen-bond donors (Lipinski definition) is 1. The predicted molar refractivity (Wildman–Crippen MR) is 60.8 cm³/mol. The van der Waals surface area contributed by atoms with Crippen molar-refractivity contribution >= 4 is 15.9 Å². The maximum absolute atomic E-state index is 5.95. The number of rotatable bonds is 2. The molecule has 0 aliphatic heterocycles. The van der Waals surface area contributed by atoms with Crippen LogP contribution >= 0.6 is 15.9 Å². The van der Waals surface area contributed by atoms with Crippen molar-refractivity contribution in [2.24, 2.45) is 5.73 Å². The average Bonchev–Trinajstić information content (AvgIpc) is 1.93. The lowest BCUT2D eigenvalue weighted by atomic mass is 9.96. The molecule has 72 valence electrons. The van der Waals surface area contributed by atoms with E-state index in [1.54, 1.807) is 0 Å². The minimum atomic E-state index is -0.141. The standard InChI is InChI=1S/C11H16BrN/c1-8-4-5-9(10(12)6-8)7-11(2,3)13/h4-6H,7,13H2,1-3H3. The first-order valence-corrected chi connectivity index (χ1v) is 5.22. The Balaban J connectivity index is 2.90. The molecule has 0 bridgehead atoms. The van der Waals surface area contributed by atoms with Gasteiger partial charge in [-0.3, -0.25) is 0 Å². The molecule has 0 heterocycles. The summed E-state index contributed by atoms with van der Waals surface area (Å²) in [6.07, 6.45) is 0.897. The summed E-state index contributed by atoms with van der Waals surface area (Å²) in [4.78, 5) is 0. The van der Waals surface area contributed by atoms with Crippen molar-refractivity contribution in [3.63, 3.8) is 0 Å². The summed E-state index contributed by atoms with van der Waals surface area (Å²) >= 11 is 3.54. The van der Waals surface area contributed by atoms with Crippen molar-refractivity contribution < 1.29 is 0 Å². The minimum absolute atomic E-state index is 0.141. The second-order valence-corrected chi connectivity index (χ2v) is 5.11. The Morgan fingerprint density at radius 3 is 2.46 bits per heavy atom. The summed E-state index contributed by atoms with van der Waals surface area (Å²) in [6.45, 7) is 6.17. The zero-order valence-electron chi connectivity index (χ0n) is 8.39. The van der Waals surface area contributed by atoms with Crippen LogP contribution in [0, 0.1) is 6.92 Å². The first-order valence-electron chi connectivity index (χ1n) is 4.42. The number of aryl methyl sites for hydroxylation is 1. The molecule has 0 saturated heterocycles. The highest BCUT2D eigenvalue weighted by molar-refractivity contribution is 9.10. The molecule has 1 rings (SSSR count). The van der Waals surface area contributed by atoms with Gasteiger partial charge in [-0.15, -0.1) is 0 Å². The lowest BCUT2D eigenvalue weighted by molar-refractivity contribution is 0.516. The second kappa shape index (κ2) is 3.81. The van der Waals surface area contributed by atoms with Crippen molar-refractivity contribution in [3.8, 4) is 0 Å². The smallest absolute Gasteiger partial charge is 0.0210 e. The van der Waals surface area contributed by atoms with Crippen molar-refractivity contribution in [2.75, 3.05) is 0 Å². The van der Waals surface area contributed by atoms with E-state index in [1.165, 1.54) is 11.1 Å². The summed E-state index contributed by atoms with van der Waals surface area (Å²) in [7, 11) is 0. The lowest BCUT2D eigenvalue weighted by Gasteiger charge is -2.19. The predicted octanol–water partition coefficient (Wildman–Crippen LogP) is 3.04. The molecule has 0 aromatic heterocycles. The maximum Gasteiger partial charge on any atom is 0.0210 e. The summed E-state index contributed by atoms with van der Waals surface area (Å²) in [5.74, 6) is 0. The molecule has 13 heavy (non-hydrogen) atoms. The van der Waals surface area contributed by atoms with Crippen LogP contribution in [0.5, 0.6) is 0 Å². The minimum Gasteiger partial charge on any atom is -0.325 e. The number of hydrogen-bond acceptors (Lipinski definition) is 1. The highest BCUT2D eigenvalue weighted by atomic mass is 79.9. The van der Waals surface area contributed by atoms with Crippen LogP contribution in [-0.2, 0) is 6.42 Å². The molecule has 0 atom stereocenters. The Hall–Kier alpha value is -0.340. The first kappa shape index (κ1) is 10.7. The quantitative estimate of drug-likeness (QED) is 0.847. The van der Waals surface area contributed by atoms with Crippen LogP contribution in [0.15, 0.2) is 22.7 Å². The molecule has 0 amide bonds. The van der Waals surface area contributed by atoms with Crippen molar-refractivity contribution in [1.82, 2.24) is 0 Å². The van der Waals surface area contributed by atoms with Crippen LogP contribution in [0.2, 0.25) is 0 Å². The molecule has 1 nitrogen and oxygen atoms in total. The van der Waals surface area contributed by atoms with E-state index >= 15 is 0 Å². The van der Waals surface area contributed by atoms with E-state index in [4.69, 9.17) is 5.73 Å². The van der Waals surface area contributed by atoms with E-state index in [2.05, 4.69) is 41.1 Å². The van der Waals surface area contributed by atoms with Gasteiger partial charge in [-0.25, -0.2) is 0 Å². The molecule has 0 aliphatic carbocycles. The van der Waals surface area contributed by atoms with Crippen molar-refractivity contribution in [2.45, 2.75) is 32.7 Å². The zero-order valence-corrected chi connectivity index (χ0v) is 9.98. The van der Waals surface area contributed by atoms with Gasteiger partial charge in [0, 0.05) is 10.0 Å². The van der Waals surface area contributed by atoms with Gasteiger partial charge in [0.05, 0.1) is 0 Å². The molecular formula is C11H16BrN. The second-order valence-electron chi connectivity index (χ2n) is 4.26. The largest absolute Gasteiger partial charge is 0.325 e. The normalized spacial score (nSPS) is 11.8. The molecular weight excluding hydrogens is 226 g/mol. The summed E-state index contributed by atoms with van der Waals surface area (Å²) in [5, 5.41) is 0. The van der Waals surface area contributed by atoms with Gasteiger partial charge < -0.3 is 5.73 Å². The molecule has 1 aromatic carbocycles. The Kier molecular flexibility index (Phi) is 3.14. The fourth-order valence-corrected chi connectivity index (χ4v) is 1.92. The van der Waals surface area contributed by atoms with Crippen LogP contribution in [0.3, 0.4) is 0 Å². The summed E-state index contributed by atoms with van der Waals surface area (Å²) < 4.78 is 1.16. The zero-order chi connectivity index (χ0) is 10.1. The highest BCUT2D eigenvalue weighted by Gasteiger charge is 2.13. The highest BCUT2D eigenvalue weighted by Crippen LogP contribution is 2.21. The lowest BCUT2D eigenvalue weighted by Crippen LogP contribution is -2.34. The Bertz CT molecular complexity index is 299. The number of benzene rings is 1. The maximum atomic E-state index is 5.95. The molecule has 0 saturated carbocycles. The third-order valence-corrected chi connectivity index (χ3v) is 2.59. The third-order valence-electron chi connectivity index (χ3n) is 1.85. The average molecular weight is 242 g/mol. The van der Waals surface area contributed by atoms with Gasteiger partial charge in [0.2, 0.25) is 0 Å². The van der Waals surface area contributed by atoms with Crippen LogP contribution in [-0.4, -0.2) is 5.54 Å². The van der Waals surface area contributed by atoms with Crippen LogP contribution in [0.4, 0.5) is 0 Å². The van der Waals surface area contributed by atoms with Crippen molar-refractivity contribution in [1.29, 1.82) is 0 Å². The summed E-state index contributed by atoms with van der Waals surface area (Å²) in [5.41, 5.74) is 8.36. The van der Waals surface area contributed by atoms with Gasteiger partial charge in [0.1, 0.15) is 0 Å². The van der Waals surface area contributed by atoms with Crippen LogP contribution in [0.1, 0.15) is 25.0 Å². The molecule has 0 spiro atoms. The van der Waals surface area contributed by atoms with E-state index < -0.39 is 0 Å². The molecule has 0 fully saturated rings. The first-order chi connectivity index (χ1) is 5.88. The Morgan fingerprint density at radius 2 is 2.00 bits per heavy atom. The van der Waals surface area contributed by atoms with Gasteiger partial charge in [-0.2, -0.15) is 0 Å². The van der Waals surface area contributed by atoms with Crippen molar-refractivity contribution in [3.05, 3.63) is 33.8 Å². The molecule has 0 radical (unpaired) electrons. The van der Waals surface area contributed by atoms with Gasteiger partial charge in [-0.1, -0.05) is 28.1 Å². The van der Waals surface area contributed by atoms with Gasteiger partial charge in [-0.05, 0) is 44.4 Å². The van der Waals surface area contributed by atoms with E-state index in [-0.39, 0.29) is 5.54 Å². The third kappa shape index (κ3) is 3.49. The topological polar surface area (TPSA) is 26.0 Å². The van der Waals surface area contributed by atoms with Gasteiger partial charge >= 0.3 is 0 Å².